The Morgan fingerprint density at radius 1 is 1.40 bits per heavy atom. The molecule has 1 aliphatic heterocycles. The van der Waals surface area contributed by atoms with Crippen LogP contribution in [-0.4, -0.2) is 25.2 Å². The van der Waals surface area contributed by atoms with E-state index in [1.807, 2.05) is 30.3 Å². The van der Waals surface area contributed by atoms with Gasteiger partial charge in [-0.3, -0.25) is 4.90 Å². The number of urea groups is 1. The van der Waals surface area contributed by atoms with E-state index in [1.165, 1.54) is 0 Å². The predicted molar refractivity (Wildman–Crippen MR) is 59.8 cm³/mol. The first kappa shape index (κ1) is 9.98. The second-order valence-corrected chi connectivity index (χ2v) is 3.67. The fourth-order valence-corrected chi connectivity index (χ4v) is 1.80. The molecular formula is C11H15N3O. The van der Waals surface area contributed by atoms with Crippen molar-refractivity contribution < 1.29 is 4.79 Å². The number of anilines is 1. The van der Waals surface area contributed by atoms with Crippen LogP contribution < -0.4 is 16.0 Å². The molecule has 4 heteroatoms. The third-order valence-electron chi connectivity index (χ3n) is 2.56. The largest absolute Gasteiger partial charge is 0.333 e. The Bertz CT molecular complexity index is 339. The second-order valence-electron chi connectivity index (χ2n) is 3.67. The molecule has 3 N–H and O–H groups in total. The molecule has 1 fully saturated rings. The molecule has 0 saturated carbocycles. The summed E-state index contributed by atoms with van der Waals surface area (Å²) in [5, 5.41) is 2.91. The van der Waals surface area contributed by atoms with Gasteiger partial charge in [0.2, 0.25) is 0 Å². The first-order chi connectivity index (χ1) is 7.31. The Labute approximate surface area is 89.1 Å². The highest BCUT2D eigenvalue weighted by Crippen LogP contribution is 2.18. The zero-order chi connectivity index (χ0) is 10.7. The summed E-state index contributed by atoms with van der Waals surface area (Å²) in [7, 11) is 0. The van der Waals surface area contributed by atoms with Gasteiger partial charge in [0.25, 0.3) is 0 Å². The van der Waals surface area contributed by atoms with Crippen molar-refractivity contribution in [2.45, 2.75) is 12.5 Å². The van der Waals surface area contributed by atoms with E-state index in [9.17, 15) is 4.79 Å². The van der Waals surface area contributed by atoms with Crippen molar-refractivity contribution in [3.8, 4) is 0 Å². The molecule has 2 amide bonds. The van der Waals surface area contributed by atoms with E-state index in [0.29, 0.717) is 13.1 Å². The molecule has 0 bridgehead atoms. The van der Waals surface area contributed by atoms with Gasteiger partial charge in [0, 0.05) is 18.3 Å². The van der Waals surface area contributed by atoms with Crippen molar-refractivity contribution in [2.24, 2.45) is 5.73 Å². The van der Waals surface area contributed by atoms with Gasteiger partial charge in [0.05, 0.1) is 0 Å². The van der Waals surface area contributed by atoms with E-state index in [-0.39, 0.29) is 12.1 Å². The number of nitrogens with one attached hydrogen (secondary N) is 1. The van der Waals surface area contributed by atoms with Crippen molar-refractivity contribution >= 4 is 11.7 Å². The molecular weight excluding hydrogens is 190 g/mol. The van der Waals surface area contributed by atoms with E-state index >= 15 is 0 Å². The number of benzene rings is 1. The Balaban J connectivity index is 2.09. The van der Waals surface area contributed by atoms with Crippen LogP contribution in [-0.2, 0) is 0 Å². The van der Waals surface area contributed by atoms with E-state index in [1.54, 1.807) is 4.90 Å². The van der Waals surface area contributed by atoms with Crippen molar-refractivity contribution in [1.82, 2.24) is 5.32 Å². The highest BCUT2D eigenvalue weighted by Gasteiger charge is 2.28. The van der Waals surface area contributed by atoms with Crippen LogP contribution in [0.4, 0.5) is 10.5 Å². The summed E-state index contributed by atoms with van der Waals surface area (Å²) in [5.74, 6) is 0. The molecule has 0 radical (unpaired) electrons. The summed E-state index contributed by atoms with van der Waals surface area (Å²) in [6.45, 7) is 1.31. The Hall–Kier alpha value is -1.55. The summed E-state index contributed by atoms with van der Waals surface area (Å²) in [5.41, 5.74) is 6.41. The van der Waals surface area contributed by atoms with Crippen molar-refractivity contribution in [1.29, 1.82) is 0 Å². The van der Waals surface area contributed by atoms with Gasteiger partial charge in [-0.2, -0.15) is 0 Å². The van der Waals surface area contributed by atoms with Crippen LogP contribution in [0.25, 0.3) is 0 Å². The Morgan fingerprint density at radius 3 is 2.80 bits per heavy atom. The lowest BCUT2D eigenvalue weighted by Crippen LogP contribution is -2.29. The molecule has 80 valence electrons. The number of carbonyl (C=O) groups excluding carboxylic acids is 1. The van der Waals surface area contributed by atoms with Crippen LogP contribution in [0.5, 0.6) is 0 Å². The second kappa shape index (κ2) is 4.31. The number of hydrogen-bond acceptors (Lipinski definition) is 2. The predicted octanol–water partition coefficient (Wildman–Crippen LogP) is 0.934. The quantitative estimate of drug-likeness (QED) is 0.771. The molecule has 0 aromatic heterocycles. The smallest absolute Gasteiger partial charge is 0.322 e. The minimum absolute atomic E-state index is 0.0281. The van der Waals surface area contributed by atoms with Crippen molar-refractivity contribution in [2.75, 3.05) is 18.0 Å². The minimum atomic E-state index is -0.0281. The first-order valence-corrected chi connectivity index (χ1v) is 5.14. The number of nitrogens with two attached hydrogens (primary N) is 1. The third kappa shape index (κ3) is 2.10. The molecule has 1 aromatic rings. The van der Waals surface area contributed by atoms with E-state index in [0.717, 1.165) is 12.1 Å². The molecule has 2 rings (SSSR count). The standard InChI is InChI=1S/C11H15N3O/c12-7-6-9-8-14(11(15)13-9)10-4-2-1-3-5-10/h1-5,9H,6-8,12H2,(H,13,15). The number of nitrogens with zero attached hydrogens (tertiary/aromatic N) is 1. The average Bonchev–Trinajstić information content (AvgIpc) is 2.61. The summed E-state index contributed by atoms with van der Waals surface area (Å²) < 4.78 is 0. The highest BCUT2D eigenvalue weighted by atomic mass is 16.2. The zero-order valence-electron chi connectivity index (χ0n) is 8.52. The lowest BCUT2D eigenvalue weighted by Gasteiger charge is -2.14. The number of amides is 2. The van der Waals surface area contributed by atoms with Crippen molar-refractivity contribution in [3.63, 3.8) is 0 Å². The Morgan fingerprint density at radius 2 is 2.13 bits per heavy atom. The SMILES string of the molecule is NCCC1CN(c2ccccc2)C(=O)N1. The maximum Gasteiger partial charge on any atom is 0.322 e. The summed E-state index contributed by atoms with van der Waals surface area (Å²) in [6, 6.07) is 9.82. The maximum atomic E-state index is 11.6. The summed E-state index contributed by atoms with van der Waals surface area (Å²) in [4.78, 5) is 13.4. The molecule has 0 aliphatic carbocycles. The van der Waals surface area contributed by atoms with Crippen LogP contribution in [0.2, 0.25) is 0 Å². The topological polar surface area (TPSA) is 58.4 Å². The highest BCUT2D eigenvalue weighted by molar-refractivity contribution is 5.94. The summed E-state index contributed by atoms with van der Waals surface area (Å²) >= 11 is 0. The molecule has 1 unspecified atom stereocenters. The molecule has 1 aliphatic rings. The van der Waals surface area contributed by atoms with E-state index in [2.05, 4.69) is 5.32 Å². The summed E-state index contributed by atoms with van der Waals surface area (Å²) in [6.07, 6.45) is 0.828. The zero-order valence-corrected chi connectivity index (χ0v) is 8.52. The first-order valence-electron chi connectivity index (χ1n) is 5.14. The van der Waals surface area contributed by atoms with Gasteiger partial charge in [-0.25, -0.2) is 4.79 Å². The van der Waals surface area contributed by atoms with Gasteiger partial charge < -0.3 is 11.1 Å². The Kier molecular flexibility index (Phi) is 2.87. The van der Waals surface area contributed by atoms with Crippen LogP contribution in [0.1, 0.15) is 6.42 Å². The number of carbonyl (C=O) groups is 1. The van der Waals surface area contributed by atoms with Crippen LogP contribution in [0.15, 0.2) is 30.3 Å². The van der Waals surface area contributed by atoms with Crippen LogP contribution >= 0.6 is 0 Å². The van der Waals surface area contributed by atoms with Crippen LogP contribution in [0, 0.1) is 0 Å². The van der Waals surface area contributed by atoms with Gasteiger partial charge in [0.15, 0.2) is 0 Å². The molecule has 0 spiro atoms. The van der Waals surface area contributed by atoms with Gasteiger partial charge in [0.1, 0.15) is 0 Å². The lowest BCUT2D eigenvalue weighted by molar-refractivity contribution is 0.250. The molecule has 15 heavy (non-hydrogen) atoms. The van der Waals surface area contributed by atoms with Gasteiger partial charge in [-0.1, -0.05) is 18.2 Å². The van der Waals surface area contributed by atoms with E-state index < -0.39 is 0 Å². The number of rotatable bonds is 3. The molecule has 1 aromatic carbocycles. The lowest BCUT2D eigenvalue weighted by atomic mass is 10.2. The number of hydrogen-bond donors (Lipinski definition) is 2. The molecule has 1 heterocycles. The number of para-hydroxylation sites is 1. The van der Waals surface area contributed by atoms with Gasteiger partial charge in [-0.05, 0) is 25.1 Å². The van der Waals surface area contributed by atoms with Gasteiger partial charge in [-0.15, -0.1) is 0 Å². The van der Waals surface area contributed by atoms with Crippen LogP contribution in [0.3, 0.4) is 0 Å². The minimum Gasteiger partial charge on any atom is -0.333 e. The third-order valence-corrected chi connectivity index (χ3v) is 2.56. The van der Waals surface area contributed by atoms with Crippen molar-refractivity contribution in [3.05, 3.63) is 30.3 Å². The average molecular weight is 205 g/mol. The molecule has 1 atom stereocenters. The molecule has 1 saturated heterocycles. The monoisotopic (exact) mass is 205 g/mol. The molecule has 4 nitrogen and oxygen atoms in total. The fraction of sp³-hybridized carbons (Fsp3) is 0.364. The fourth-order valence-electron chi connectivity index (χ4n) is 1.80. The normalized spacial score (nSPS) is 20.5. The van der Waals surface area contributed by atoms with Gasteiger partial charge >= 0.3 is 6.03 Å². The van der Waals surface area contributed by atoms with E-state index in [4.69, 9.17) is 5.73 Å². The maximum absolute atomic E-state index is 11.6.